The van der Waals surface area contributed by atoms with Gasteiger partial charge in [0.05, 0.1) is 0 Å². The van der Waals surface area contributed by atoms with Gasteiger partial charge < -0.3 is 0 Å². The van der Waals surface area contributed by atoms with Gasteiger partial charge in [-0.1, -0.05) is 39.5 Å². The molecule has 2 heteroatoms. The number of Topliss-reactive ketones (excluding diaryl/α,β-unsaturated/α-hetero) is 1. The van der Waals surface area contributed by atoms with E-state index in [0.29, 0.717) is 11.5 Å². The van der Waals surface area contributed by atoms with Crippen molar-refractivity contribution >= 4 is 11.6 Å². The van der Waals surface area contributed by atoms with Crippen LogP contribution in [0.25, 0.3) is 0 Å². The van der Waals surface area contributed by atoms with Crippen LogP contribution >= 0.6 is 0 Å². The molecule has 0 aliphatic heterocycles. The monoisotopic (exact) mass is 288 g/mol. The first-order chi connectivity index (χ1) is 10.1. The molecule has 0 N–H and O–H groups in total. The third-order valence-electron chi connectivity index (χ3n) is 5.15. The quantitative estimate of drug-likeness (QED) is 0.682. The maximum atomic E-state index is 13.0. The van der Waals surface area contributed by atoms with Crippen LogP contribution in [-0.4, -0.2) is 11.6 Å². The van der Waals surface area contributed by atoms with Crippen LogP contribution in [0, 0.1) is 11.8 Å². The van der Waals surface area contributed by atoms with E-state index in [-0.39, 0.29) is 17.5 Å². The molecule has 0 heterocycles. The van der Waals surface area contributed by atoms with Gasteiger partial charge in [-0.15, -0.1) is 0 Å². The molecule has 0 aromatic carbocycles. The lowest BCUT2D eigenvalue weighted by atomic mass is 9.73. The molecule has 21 heavy (non-hydrogen) atoms. The van der Waals surface area contributed by atoms with E-state index in [9.17, 15) is 9.59 Å². The molecule has 1 atom stereocenters. The lowest BCUT2D eigenvalue weighted by Gasteiger charge is -2.29. The molecule has 1 saturated carbocycles. The smallest absolute Gasteiger partial charge is 0.186 e. The molecule has 1 unspecified atom stereocenters. The van der Waals surface area contributed by atoms with Crippen LogP contribution in [0.15, 0.2) is 22.8 Å². The summed E-state index contributed by atoms with van der Waals surface area (Å²) in [7, 11) is 0. The van der Waals surface area contributed by atoms with Crippen molar-refractivity contribution in [3.05, 3.63) is 22.8 Å². The normalized spacial score (nSPS) is 22.5. The largest absolute Gasteiger partial charge is 0.290 e. The molecule has 0 spiro atoms. The summed E-state index contributed by atoms with van der Waals surface area (Å²) in [4.78, 5) is 25.3. The minimum absolute atomic E-state index is 0.0692. The summed E-state index contributed by atoms with van der Waals surface area (Å²) in [5.41, 5.74) is 2.35. The predicted octanol–water partition coefficient (Wildman–Crippen LogP) is 4.79. The van der Waals surface area contributed by atoms with Gasteiger partial charge in [-0.3, -0.25) is 9.59 Å². The highest BCUT2D eigenvalue weighted by Crippen LogP contribution is 2.37. The second kappa shape index (κ2) is 7.20. The van der Waals surface area contributed by atoms with E-state index in [4.69, 9.17) is 0 Å². The summed E-state index contributed by atoms with van der Waals surface area (Å²) in [5.74, 6) is 0.815. The molecule has 2 aliphatic carbocycles. The second-order valence-corrected chi connectivity index (χ2v) is 6.56. The highest BCUT2D eigenvalue weighted by atomic mass is 16.1. The Morgan fingerprint density at radius 2 is 1.81 bits per heavy atom. The predicted molar refractivity (Wildman–Crippen MR) is 86.1 cm³/mol. The van der Waals surface area contributed by atoms with Gasteiger partial charge in [0.1, 0.15) is 0 Å². The average molecular weight is 288 g/mol. The lowest BCUT2D eigenvalue weighted by Crippen LogP contribution is -2.28. The maximum Gasteiger partial charge on any atom is 0.186 e. The second-order valence-electron chi connectivity index (χ2n) is 6.56. The van der Waals surface area contributed by atoms with E-state index in [1.165, 1.54) is 19.3 Å². The number of carbonyl (C=O) groups is 2. The Balaban J connectivity index is 2.30. The molecule has 2 aliphatic rings. The summed E-state index contributed by atoms with van der Waals surface area (Å²) >= 11 is 0. The summed E-state index contributed by atoms with van der Waals surface area (Å²) in [6.45, 7) is 6.10. The number of allylic oxidation sites excluding steroid dienone is 4. The Hall–Kier alpha value is -1.18. The Bertz CT molecular complexity index is 476. The van der Waals surface area contributed by atoms with Crippen molar-refractivity contribution in [2.24, 2.45) is 11.8 Å². The molecule has 0 bridgehead atoms. The van der Waals surface area contributed by atoms with E-state index < -0.39 is 0 Å². The third-order valence-corrected chi connectivity index (χ3v) is 5.15. The van der Waals surface area contributed by atoms with Crippen LogP contribution in [-0.2, 0) is 9.59 Å². The molecule has 2 rings (SSSR count). The van der Waals surface area contributed by atoms with Crippen LogP contribution in [0.3, 0.4) is 0 Å². The Labute approximate surface area is 128 Å². The SMILES string of the molecule is CCCC(CC)C1=CC(=O)C(C)=C(C2CCCCC2)C1=O. The van der Waals surface area contributed by atoms with Gasteiger partial charge in [-0.2, -0.15) is 0 Å². The van der Waals surface area contributed by atoms with Crippen molar-refractivity contribution in [2.45, 2.75) is 72.1 Å². The zero-order valence-corrected chi connectivity index (χ0v) is 13.7. The van der Waals surface area contributed by atoms with E-state index in [1.54, 1.807) is 6.08 Å². The topological polar surface area (TPSA) is 34.1 Å². The molecule has 116 valence electrons. The minimum Gasteiger partial charge on any atom is -0.290 e. The summed E-state index contributed by atoms with van der Waals surface area (Å²) < 4.78 is 0. The van der Waals surface area contributed by atoms with Crippen LogP contribution in [0.2, 0.25) is 0 Å². The Morgan fingerprint density at radius 3 is 2.38 bits per heavy atom. The zero-order chi connectivity index (χ0) is 15.4. The molecule has 0 aromatic heterocycles. The van der Waals surface area contributed by atoms with Crippen molar-refractivity contribution in [1.29, 1.82) is 0 Å². The van der Waals surface area contributed by atoms with Crippen LogP contribution < -0.4 is 0 Å². The van der Waals surface area contributed by atoms with E-state index in [1.807, 2.05) is 6.92 Å². The van der Waals surface area contributed by atoms with E-state index in [0.717, 1.165) is 43.3 Å². The number of ketones is 2. The van der Waals surface area contributed by atoms with Gasteiger partial charge in [-0.25, -0.2) is 0 Å². The van der Waals surface area contributed by atoms with Crippen molar-refractivity contribution in [3.8, 4) is 0 Å². The standard InChI is InChI=1S/C19H28O2/c1-4-9-14(5-2)16-12-17(20)13(3)18(19(16)21)15-10-7-6-8-11-15/h12,14-15H,4-11H2,1-3H3. The molecule has 0 aromatic rings. The first-order valence-corrected chi connectivity index (χ1v) is 8.61. The Kier molecular flexibility index (Phi) is 5.55. The molecule has 2 nitrogen and oxygen atoms in total. The number of hydrogen-bond donors (Lipinski definition) is 0. The summed E-state index contributed by atoms with van der Waals surface area (Å²) in [5, 5.41) is 0. The van der Waals surface area contributed by atoms with Gasteiger partial charge in [0.2, 0.25) is 0 Å². The molecule has 0 radical (unpaired) electrons. The van der Waals surface area contributed by atoms with E-state index in [2.05, 4.69) is 13.8 Å². The van der Waals surface area contributed by atoms with Gasteiger partial charge in [-0.05, 0) is 50.5 Å². The highest BCUT2D eigenvalue weighted by molar-refractivity contribution is 6.22. The van der Waals surface area contributed by atoms with Gasteiger partial charge in [0.25, 0.3) is 0 Å². The van der Waals surface area contributed by atoms with Crippen molar-refractivity contribution < 1.29 is 9.59 Å². The fraction of sp³-hybridized carbons (Fsp3) is 0.684. The summed E-state index contributed by atoms with van der Waals surface area (Å²) in [6, 6.07) is 0. The number of rotatable bonds is 5. The van der Waals surface area contributed by atoms with Crippen molar-refractivity contribution in [2.75, 3.05) is 0 Å². The van der Waals surface area contributed by atoms with Gasteiger partial charge in [0.15, 0.2) is 11.6 Å². The van der Waals surface area contributed by atoms with Crippen LogP contribution in [0.5, 0.6) is 0 Å². The number of hydrogen-bond acceptors (Lipinski definition) is 2. The maximum absolute atomic E-state index is 13.0. The van der Waals surface area contributed by atoms with Gasteiger partial charge >= 0.3 is 0 Å². The molecule has 0 saturated heterocycles. The Morgan fingerprint density at radius 1 is 1.14 bits per heavy atom. The minimum atomic E-state index is 0.0692. The average Bonchev–Trinajstić information content (AvgIpc) is 2.50. The first-order valence-electron chi connectivity index (χ1n) is 8.61. The molecular formula is C19H28O2. The molecule has 0 amide bonds. The fourth-order valence-corrected chi connectivity index (χ4v) is 3.89. The zero-order valence-electron chi connectivity index (χ0n) is 13.7. The first kappa shape index (κ1) is 16.2. The number of carbonyl (C=O) groups excluding carboxylic acids is 2. The fourth-order valence-electron chi connectivity index (χ4n) is 3.89. The van der Waals surface area contributed by atoms with Crippen molar-refractivity contribution in [3.63, 3.8) is 0 Å². The molecular weight excluding hydrogens is 260 g/mol. The van der Waals surface area contributed by atoms with Crippen LogP contribution in [0.1, 0.15) is 72.1 Å². The van der Waals surface area contributed by atoms with Gasteiger partial charge in [0, 0.05) is 16.7 Å². The van der Waals surface area contributed by atoms with Crippen molar-refractivity contribution in [1.82, 2.24) is 0 Å². The highest BCUT2D eigenvalue weighted by Gasteiger charge is 2.34. The lowest BCUT2D eigenvalue weighted by molar-refractivity contribution is -0.116. The summed E-state index contributed by atoms with van der Waals surface area (Å²) in [6.07, 6.45) is 10.4. The third kappa shape index (κ3) is 3.36. The van der Waals surface area contributed by atoms with Crippen LogP contribution in [0.4, 0.5) is 0 Å². The van der Waals surface area contributed by atoms with E-state index >= 15 is 0 Å². The molecule has 1 fully saturated rings.